The van der Waals surface area contributed by atoms with Crippen molar-refractivity contribution in [3.63, 3.8) is 0 Å². The second-order valence-corrected chi connectivity index (χ2v) is 10.2. The molecular formula is C26H32N6O3. The summed E-state index contributed by atoms with van der Waals surface area (Å²) in [5, 5.41) is 20.7. The molecule has 184 valence electrons. The predicted octanol–water partition coefficient (Wildman–Crippen LogP) is 1.32. The topological polar surface area (TPSA) is 124 Å². The molecule has 0 radical (unpaired) electrons. The number of carbonyl (C=O) groups is 1. The number of amides is 1. The molecule has 5 unspecified atom stereocenters. The van der Waals surface area contributed by atoms with Crippen molar-refractivity contribution in [1.82, 2.24) is 20.9 Å². The zero-order valence-corrected chi connectivity index (χ0v) is 19.8. The number of nitrogens with one attached hydrogen (secondary N) is 3. The normalized spacial score (nSPS) is 32.0. The molecule has 1 aromatic carbocycles. The average molecular weight is 477 g/mol. The molecule has 5 atom stereocenters. The van der Waals surface area contributed by atoms with Crippen LogP contribution in [0.1, 0.15) is 24.8 Å². The molecule has 2 aliphatic carbocycles. The number of amidine groups is 1. The molecule has 6 N–H and O–H groups in total. The van der Waals surface area contributed by atoms with Crippen LogP contribution in [0.4, 0.5) is 0 Å². The van der Waals surface area contributed by atoms with Crippen molar-refractivity contribution in [2.45, 2.75) is 37.6 Å². The van der Waals surface area contributed by atoms with Crippen LogP contribution in [0.3, 0.4) is 0 Å². The Morgan fingerprint density at radius 1 is 1.26 bits per heavy atom. The zero-order valence-electron chi connectivity index (χ0n) is 19.8. The third-order valence-electron chi connectivity index (χ3n) is 7.86. The molecule has 1 saturated carbocycles. The van der Waals surface area contributed by atoms with E-state index in [0.717, 1.165) is 49.4 Å². The van der Waals surface area contributed by atoms with Crippen molar-refractivity contribution < 1.29 is 14.6 Å². The van der Waals surface area contributed by atoms with Crippen LogP contribution < -0.4 is 26.4 Å². The lowest BCUT2D eigenvalue weighted by Gasteiger charge is -2.31. The number of allylic oxidation sites excluding steroid dienone is 1. The van der Waals surface area contributed by atoms with Crippen molar-refractivity contribution >= 4 is 11.7 Å². The van der Waals surface area contributed by atoms with E-state index in [9.17, 15) is 9.90 Å². The molecule has 1 aromatic rings. The molecular weight excluding hydrogens is 444 g/mol. The maximum absolute atomic E-state index is 12.2. The lowest BCUT2D eigenvalue weighted by atomic mass is 9.88. The van der Waals surface area contributed by atoms with Crippen molar-refractivity contribution in [2.75, 3.05) is 20.1 Å². The van der Waals surface area contributed by atoms with E-state index < -0.39 is 0 Å². The number of aliphatic hydroxyl groups excluding tert-OH is 1. The number of primary amides is 1. The van der Waals surface area contributed by atoms with Crippen LogP contribution >= 0.6 is 0 Å². The summed E-state index contributed by atoms with van der Waals surface area (Å²) in [7, 11) is 2.14. The van der Waals surface area contributed by atoms with Crippen LogP contribution in [0.5, 0.6) is 5.75 Å². The molecule has 6 rings (SSSR count). The number of benzene rings is 1. The number of rotatable bonds is 6. The summed E-state index contributed by atoms with van der Waals surface area (Å²) in [5.41, 5.74) is 7.94. The number of nitrogens with two attached hydrogens (primary N) is 1. The van der Waals surface area contributed by atoms with Crippen LogP contribution in [0.2, 0.25) is 0 Å². The molecule has 1 saturated heterocycles. The quantitative estimate of drug-likeness (QED) is 0.392. The van der Waals surface area contributed by atoms with E-state index in [2.05, 4.69) is 40.0 Å². The molecule has 35 heavy (non-hydrogen) atoms. The van der Waals surface area contributed by atoms with Gasteiger partial charge in [0.1, 0.15) is 23.4 Å². The van der Waals surface area contributed by atoms with Gasteiger partial charge in [-0.25, -0.2) is 4.99 Å². The maximum atomic E-state index is 12.2. The van der Waals surface area contributed by atoms with Crippen molar-refractivity contribution in [1.29, 1.82) is 0 Å². The number of carbonyl (C=O) groups excluding carboxylic acids is 1. The monoisotopic (exact) mass is 476 g/mol. The summed E-state index contributed by atoms with van der Waals surface area (Å²) >= 11 is 0. The van der Waals surface area contributed by atoms with Crippen LogP contribution in [-0.2, 0) is 4.79 Å². The van der Waals surface area contributed by atoms with E-state index in [0.29, 0.717) is 11.5 Å². The first kappa shape index (κ1) is 22.0. The highest BCUT2D eigenvalue weighted by Crippen LogP contribution is 2.44. The Morgan fingerprint density at radius 3 is 2.86 bits per heavy atom. The summed E-state index contributed by atoms with van der Waals surface area (Å²) in [4.78, 5) is 19.3. The summed E-state index contributed by atoms with van der Waals surface area (Å²) in [5.74, 6) is 1.37. The number of aliphatic hydroxyl groups is 1. The SMILES string of the molecule is CN1CCC(Oc2cccc(C3=NC4NC=C(O)C(NC5C6C=CC(C6)C5C(N)=O)=C4N3)c2)CC1. The molecule has 2 bridgehead atoms. The molecule has 3 heterocycles. The van der Waals surface area contributed by atoms with Crippen LogP contribution in [0, 0.1) is 17.8 Å². The van der Waals surface area contributed by atoms with E-state index in [1.165, 1.54) is 0 Å². The minimum Gasteiger partial charge on any atom is -0.504 e. The van der Waals surface area contributed by atoms with Gasteiger partial charge in [-0.3, -0.25) is 4.79 Å². The van der Waals surface area contributed by atoms with Crippen molar-refractivity contribution in [3.8, 4) is 5.75 Å². The van der Waals surface area contributed by atoms with E-state index in [1.54, 1.807) is 6.20 Å². The van der Waals surface area contributed by atoms with Gasteiger partial charge >= 0.3 is 0 Å². The van der Waals surface area contributed by atoms with Gasteiger partial charge < -0.3 is 36.4 Å². The number of likely N-dealkylation sites (tertiary alicyclic amines) is 1. The number of piperidine rings is 1. The summed E-state index contributed by atoms with van der Waals surface area (Å²) in [6.07, 6.45) is 8.58. The minimum atomic E-state index is -0.358. The number of hydrogen-bond donors (Lipinski definition) is 5. The van der Waals surface area contributed by atoms with Crippen molar-refractivity contribution in [2.24, 2.45) is 28.5 Å². The first-order valence-corrected chi connectivity index (χ1v) is 12.4. The van der Waals surface area contributed by atoms with Gasteiger partial charge in [-0.1, -0.05) is 24.3 Å². The Kier molecular flexibility index (Phi) is 5.44. The molecule has 9 nitrogen and oxygen atoms in total. The van der Waals surface area contributed by atoms with Gasteiger partial charge in [0.2, 0.25) is 5.91 Å². The Balaban J connectivity index is 1.21. The predicted molar refractivity (Wildman–Crippen MR) is 132 cm³/mol. The standard InChI is InChI=1S/C26H32N6O3/c1-32-9-7-17(8-10-32)35-18-4-2-3-16(12-18)25-30-23-22(19(33)13-28-26(23)31-25)29-21-15-6-5-14(11-15)20(21)24(27)34/h2-6,12-15,17,20-21,26,28-29,33H,7-11H2,1H3,(H2,27,34)(H,30,31). The molecule has 5 aliphatic rings. The Labute approximate surface area is 204 Å². The van der Waals surface area contributed by atoms with E-state index >= 15 is 0 Å². The van der Waals surface area contributed by atoms with Crippen LogP contribution in [0.15, 0.2) is 64.8 Å². The van der Waals surface area contributed by atoms with Crippen molar-refractivity contribution in [3.05, 3.63) is 65.3 Å². The Hall–Kier alpha value is -3.46. The minimum absolute atomic E-state index is 0.0783. The second kappa shape index (κ2) is 8.64. The van der Waals surface area contributed by atoms with E-state index in [4.69, 9.17) is 15.5 Å². The molecule has 3 aliphatic heterocycles. The lowest BCUT2D eigenvalue weighted by Crippen LogP contribution is -2.47. The number of nitrogens with zero attached hydrogens (tertiary/aromatic N) is 2. The van der Waals surface area contributed by atoms with Gasteiger partial charge in [0, 0.05) is 30.9 Å². The van der Waals surface area contributed by atoms with Gasteiger partial charge in [0.05, 0.1) is 11.6 Å². The molecule has 1 amide bonds. The third kappa shape index (κ3) is 4.03. The molecule has 0 spiro atoms. The maximum Gasteiger partial charge on any atom is 0.223 e. The number of dihydropyridines is 1. The summed E-state index contributed by atoms with van der Waals surface area (Å²) < 4.78 is 6.26. The number of fused-ring (bicyclic) bond motifs is 3. The average Bonchev–Trinajstić information content (AvgIpc) is 3.57. The first-order chi connectivity index (χ1) is 17.0. The first-order valence-electron chi connectivity index (χ1n) is 12.4. The number of aliphatic imine (C=N–C) groups is 1. The highest BCUT2D eigenvalue weighted by molar-refractivity contribution is 6.02. The fourth-order valence-electron chi connectivity index (χ4n) is 5.99. The van der Waals surface area contributed by atoms with Gasteiger partial charge in [-0.05, 0) is 50.3 Å². The summed E-state index contributed by atoms with van der Waals surface area (Å²) in [6, 6.07) is 7.80. The number of hydrogen-bond acceptors (Lipinski definition) is 8. The Bertz CT molecular complexity index is 1150. The fourth-order valence-corrected chi connectivity index (χ4v) is 5.99. The Morgan fingerprint density at radius 2 is 2.06 bits per heavy atom. The molecule has 0 aromatic heterocycles. The van der Waals surface area contributed by atoms with Gasteiger partial charge in [-0.15, -0.1) is 0 Å². The van der Waals surface area contributed by atoms with E-state index in [-0.39, 0.29) is 47.7 Å². The van der Waals surface area contributed by atoms with Gasteiger partial charge in [0.25, 0.3) is 0 Å². The molecule has 9 heteroatoms. The zero-order chi connectivity index (χ0) is 24.1. The van der Waals surface area contributed by atoms with Gasteiger partial charge in [0.15, 0.2) is 11.9 Å². The van der Waals surface area contributed by atoms with Crippen LogP contribution in [0.25, 0.3) is 0 Å². The van der Waals surface area contributed by atoms with Gasteiger partial charge in [-0.2, -0.15) is 0 Å². The summed E-state index contributed by atoms with van der Waals surface area (Å²) in [6.45, 7) is 2.09. The highest BCUT2D eigenvalue weighted by atomic mass is 16.5. The van der Waals surface area contributed by atoms with Crippen LogP contribution in [-0.4, -0.2) is 60.2 Å². The fraction of sp³-hybridized carbons (Fsp3) is 0.462. The largest absolute Gasteiger partial charge is 0.504 e. The second-order valence-electron chi connectivity index (χ2n) is 10.2. The lowest BCUT2D eigenvalue weighted by molar-refractivity contribution is -0.123. The van der Waals surface area contributed by atoms with E-state index in [1.807, 2.05) is 24.3 Å². The third-order valence-corrected chi connectivity index (χ3v) is 7.86. The smallest absolute Gasteiger partial charge is 0.223 e. The molecule has 2 fully saturated rings. The number of ether oxygens (including phenoxy) is 1. The highest BCUT2D eigenvalue weighted by Gasteiger charge is 2.48.